The zero-order valence-electron chi connectivity index (χ0n) is 39.7. The summed E-state index contributed by atoms with van der Waals surface area (Å²) >= 11 is 0. The molecule has 4 aliphatic heterocycles. The largest absolute Gasteiger partial charge is 0.496 e. The molecule has 4 aliphatic rings. The highest BCUT2D eigenvalue weighted by atomic mass is 16.5. The van der Waals surface area contributed by atoms with Crippen LogP contribution in [0.3, 0.4) is 0 Å². The highest BCUT2D eigenvalue weighted by Crippen LogP contribution is 2.39. The number of likely N-dealkylation sites (tertiary alicyclic amines) is 2. The Morgan fingerprint density at radius 1 is 0.806 bits per heavy atom. The molecule has 3 fully saturated rings. The Morgan fingerprint density at radius 3 is 2.15 bits per heavy atom. The van der Waals surface area contributed by atoms with E-state index in [2.05, 4.69) is 19.7 Å². The molecule has 0 N–H and O–H groups in total. The lowest BCUT2D eigenvalue weighted by molar-refractivity contribution is -0.153. The first-order valence-electron chi connectivity index (χ1n) is 23.3. The summed E-state index contributed by atoms with van der Waals surface area (Å²) in [6.07, 6.45) is 6.35. The number of hydrogen-bond donors (Lipinski definition) is 0. The standard InChI is InChI=1S/C50H62N8O9/c1-31(2)67-46(60)15-19-57-45(59)11-10-41(50(57)64)58-48(62)35-9-8-34(26-37(35)49(58)63)56-22-20-54(21-23-56)16-12-32-13-17-55(18-14-32)30-40-42(65-6)24-33(25-43(40)66-7)39-29-53(5)47(61)38-28-51-44(52(3)4)27-36(38)39/h8-9,24-29,31-32,41H,10-23,30H2,1-7H3. The van der Waals surface area contributed by atoms with Gasteiger partial charge in [0.1, 0.15) is 23.4 Å². The number of piperazine rings is 1. The normalized spacial score (nSPS) is 18.6. The number of hydrogen-bond acceptors (Lipinski definition) is 14. The third-order valence-electron chi connectivity index (χ3n) is 13.7. The Hall–Kier alpha value is -6.33. The molecule has 2 aromatic heterocycles. The van der Waals surface area contributed by atoms with Gasteiger partial charge in [-0.1, -0.05) is 0 Å². The summed E-state index contributed by atoms with van der Waals surface area (Å²) in [6.45, 7) is 10.2. The van der Waals surface area contributed by atoms with E-state index in [4.69, 9.17) is 14.2 Å². The molecule has 4 aromatic rings. The van der Waals surface area contributed by atoms with Crippen molar-refractivity contribution in [2.24, 2.45) is 13.0 Å². The summed E-state index contributed by atoms with van der Waals surface area (Å²) in [5, 5.41) is 1.36. The Balaban J connectivity index is 0.830. The lowest BCUT2D eigenvalue weighted by Gasteiger charge is -2.38. The number of anilines is 2. The van der Waals surface area contributed by atoms with Crippen molar-refractivity contribution in [1.29, 1.82) is 0 Å². The second-order valence-corrected chi connectivity index (χ2v) is 18.6. The van der Waals surface area contributed by atoms with Gasteiger partial charge in [0.2, 0.25) is 5.91 Å². The minimum absolute atomic E-state index is 0.0177. The third-order valence-corrected chi connectivity index (χ3v) is 13.7. The van der Waals surface area contributed by atoms with Gasteiger partial charge < -0.3 is 28.6 Å². The predicted octanol–water partition coefficient (Wildman–Crippen LogP) is 4.56. The average Bonchev–Trinajstić information content (AvgIpc) is 3.57. The smallest absolute Gasteiger partial charge is 0.307 e. The van der Waals surface area contributed by atoms with Crippen LogP contribution in [-0.4, -0.2) is 152 Å². The van der Waals surface area contributed by atoms with E-state index in [-0.39, 0.29) is 48.6 Å². The number of rotatable bonds is 15. The molecule has 17 heteroatoms. The van der Waals surface area contributed by atoms with Gasteiger partial charge in [-0.25, -0.2) is 4.98 Å². The Morgan fingerprint density at radius 2 is 1.49 bits per heavy atom. The summed E-state index contributed by atoms with van der Waals surface area (Å²) in [5.41, 5.74) is 4.02. The van der Waals surface area contributed by atoms with Crippen LogP contribution in [0.15, 0.2) is 53.6 Å². The summed E-state index contributed by atoms with van der Waals surface area (Å²) < 4.78 is 18.7. The van der Waals surface area contributed by atoms with Gasteiger partial charge >= 0.3 is 5.97 Å². The number of pyridine rings is 2. The fourth-order valence-electron chi connectivity index (χ4n) is 9.92. The second-order valence-electron chi connectivity index (χ2n) is 18.6. The summed E-state index contributed by atoms with van der Waals surface area (Å²) in [6, 6.07) is 10.2. The number of carbonyl (C=O) groups is 5. The first kappa shape index (κ1) is 47.2. The summed E-state index contributed by atoms with van der Waals surface area (Å²) in [4.78, 5) is 94.4. The van der Waals surface area contributed by atoms with Crippen molar-refractivity contribution in [3.8, 4) is 22.6 Å². The number of carbonyl (C=O) groups excluding carboxylic acids is 5. The zero-order valence-corrected chi connectivity index (χ0v) is 39.7. The van der Waals surface area contributed by atoms with Crippen molar-refractivity contribution in [2.75, 3.05) is 90.5 Å². The van der Waals surface area contributed by atoms with Crippen molar-refractivity contribution in [3.63, 3.8) is 0 Å². The molecule has 1 unspecified atom stereocenters. The topological polar surface area (TPSA) is 167 Å². The highest BCUT2D eigenvalue weighted by Gasteiger charge is 2.47. The van der Waals surface area contributed by atoms with Gasteiger partial charge in [-0.2, -0.15) is 0 Å². The molecule has 356 valence electrons. The van der Waals surface area contributed by atoms with Crippen LogP contribution in [-0.2, 0) is 32.7 Å². The minimum Gasteiger partial charge on any atom is -0.496 e. The fraction of sp³-hybridized carbons (Fsp3) is 0.500. The number of imide groups is 2. The van der Waals surface area contributed by atoms with Gasteiger partial charge in [0.15, 0.2) is 0 Å². The van der Waals surface area contributed by atoms with E-state index in [1.165, 1.54) is 0 Å². The number of piperidine rings is 2. The van der Waals surface area contributed by atoms with Crippen LogP contribution in [0.25, 0.3) is 21.9 Å². The highest BCUT2D eigenvalue weighted by molar-refractivity contribution is 6.23. The second kappa shape index (κ2) is 19.9. The van der Waals surface area contributed by atoms with Crippen molar-refractivity contribution in [1.82, 2.24) is 29.2 Å². The first-order valence-corrected chi connectivity index (χ1v) is 23.3. The van der Waals surface area contributed by atoms with Gasteiger partial charge in [0.25, 0.3) is 23.3 Å². The molecule has 0 aliphatic carbocycles. The number of methoxy groups -OCH3 is 2. The van der Waals surface area contributed by atoms with Gasteiger partial charge in [0, 0.05) is 95.9 Å². The van der Waals surface area contributed by atoms with E-state index in [0.717, 1.165) is 120 Å². The molecule has 0 radical (unpaired) electrons. The van der Waals surface area contributed by atoms with Crippen molar-refractivity contribution < 1.29 is 38.2 Å². The molecular formula is C50H62N8O9. The third kappa shape index (κ3) is 9.75. The van der Waals surface area contributed by atoms with Crippen LogP contribution in [0.5, 0.6) is 11.5 Å². The van der Waals surface area contributed by atoms with Crippen LogP contribution in [0, 0.1) is 5.92 Å². The van der Waals surface area contributed by atoms with E-state index in [9.17, 15) is 28.8 Å². The Labute approximate surface area is 391 Å². The molecular weight excluding hydrogens is 857 g/mol. The number of benzene rings is 2. The van der Waals surface area contributed by atoms with Crippen LogP contribution in [0.1, 0.15) is 78.7 Å². The maximum atomic E-state index is 13.8. The monoisotopic (exact) mass is 918 g/mol. The number of aryl methyl sites for hydroxylation is 1. The van der Waals surface area contributed by atoms with Gasteiger partial charge in [-0.15, -0.1) is 0 Å². The molecule has 6 heterocycles. The maximum absolute atomic E-state index is 13.8. The molecule has 8 rings (SSSR count). The van der Waals surface area contributed by atoms with Crippen LogP contribution < -0.4 is 24.8 Å². The molecule has 0 saturated carbocycles. The maximum Gasteiger partial charge on any atom is 0.307 e. The predicted molar refractivity (Wildman–Crippen MR) is 254 cm³/mol. The number of aromatic nitrogens is 2. The van der Waals surface area contributed by atoms with Crippen LogP contribution >= 0.6 is 0 Å². The number of ether oxygens (including phenoxy) is 3. The van der Waals surface area contributed by atoms with E-state index >= 15 is 0 Å². The minimum atomic E-state index is -1.12. The van der Waals surface area contributed by atoms with Crippen molar-refractivity contribution in [2.45, 2.75) is 71.1 Å². The number of nitrogens with zero attached hydrogens (tertiary/aromatic N) is 8. The SMILES string of the molecule is COc1cc(-c2cn(C)c(=O)c3cnc(N(C)C)cc23)cc(OC)c1CN1CCC(CCN2CCN(c3ccc4c(c3)C(=O)N(C3CCC(=O)N(CCC(=O)OC(C)C)C3=O)C4=O)CC2)CC1. The van der Waals surface area contributed by atoms with E-state index in [1.54, 1.807) is 58.0 Å². The lowest BCUT2D eigenvalue weighted by Crippen LogP contribution is -2.56. The first-order chi connectivity index (χ1) is 32.1. The molecule has 67 heavy (non-hydrogen) atoms. The quantitative estimate of drug-likeness (QED) is 0.120. The Bertz CT molecular complexity index is 2600. The van der Waals surface area contributed by atoms with Crippen LogP contribution in [0.4, 0.5) is 11.5 Å². The van der Waals surface area contributed by atoms with E-state index in [1.807, 2.05) is 49.5 Å². The van der Waals surface area contributed by atoms with Crippen molar-refractivity contribution >= 4 is 51.9 Å². The molecule has 17 nitrogen and oxygen atoms in total. The molecule has 1 atom stereocenters. The van der Waals surface area contributed by atoms with Crippen LogP contribution in [0.2, 0.25) is 0 Å². The number of esters is 1. The molecule has 4 amide bonds. The van der Waals surface area contributed by atoms with Crippen molar-refractivity contribution in [3.05, 3.63) is 75.8 Å². The summed E-state index contributed by atoms with van der Waals surface area (Å²) in [7, 11) is 8.98. The molecule has 0 spiro atoms. The fourth-order valence-corrected chi connectivity index (χ4v) is 9.92. The summed E-state index contributed by atoms with van der Waals surface area (Å²) in [5.74, 6) is 0.141. The molecule has 2 aromatic carbocycles. The molecule has 3 saturated heterocycles. The number of fused-ring (bicyclic) bond motifs is 2. The van der Waals surface area contributed by atoms with Gasteiger partial charge in [0.05, 0.1) is 48.8 Å². The van der Waals surface area contributed by atoms with Gasteiger partial charge in [-0.05, 0) is 107 Å². The zero-order chi connectivity index (χ0) is 47.7. The average molecular weight is 919 g/mol. The van der Waals surface area contributed by atoms with Gasteiger partial charge in [-0.3, -0.25) is 48.4 Å². The lowest BCUT2D eigenvalue weighted by atomic mass is 9.92. The van der Waals surface area contributed by atoms with E-state index < -0.39 is 35.6 Å². The molecule has 0 bridgehead atoms. The number of amides is 4. The Kier molecular flexibility index (Phi) is 14.0. The van der Waals surface area contributed by atoms with E-state index in [0.29, 0.717) is 17.8 Å².